The molecule has 11 heteroatoms. The van der Waals surface area contributed by atoms with E-state index in [2.05, 4.69) is 10.1 Å². The van der Waals surface area contributed by atoms with E-state index < -0.39 is 37.7 Å². The van der Waals surface area contributed by atoms with Crippen molar-refractivity contribution < 1.29 is 23.4 Å². The number of ether oxygens (including phenoxy) is 2. The minimum Gasteiger partial charge on any atom is -0.462 e. The maximum atomic E-state index is 11.8. The van der Waals surface area contributed by atoms with Crippen LogP contribution in [0, 0.1) is 0 Å². The Bertz CT molecular complexity index is 716. The van der Waals surface area contributed by atoms with Crippen molar-refractivity contribution in [1.29, 1.82) is 0 Å². The van der Waals surface area contributed by atoms with Crippen molar-refractivity contribution in [3.8, 4) is 0 Å². The molecule has 3 atom stereocenters. The Morgan fingerprint density at radius 2 is 2.04 bits per heavy atom. The Balaban J connectivity index is 2.46. The van der Waals surface area contributed by atoms with Crippen molar-refractivity contribution in [3.63, 3.8) is 0 Å². The van der Waals surface area contributed by atoms with Crippen molar-refractivity contribution in [1.82, 2.24) is 14.6 Å². The molecule has 0 aliphatic heterocycles. The first-order valence-corrected chi connectivity index (χ1v) is 9.40. The van der Waals surface area contributed by atoms with Crippen LogP contribution < -0.4 is 16.3 Å². The van der Waals surface area contributed by atoms with E-state index in [9.17, 15) is 18.9 Å². The molecule has 2 unspecified atom stereocenters. The third kappa shape index (κ3) is 8.01. The number of nitrogens with one attached hydrogen (secondary N) is 2. The molecule has 0 aliphatic carbocycles. The predicted molar refractivity (Wildman–Crippen MR) is 94.0 cm³/mol. The van der Waals surface area contributed by atoms with Gasteiger partial charge in [-0.1, -0.05) is 12.0 Å². The number of aromatic amines is 1. The second kappa shape index (κ2) is 11.0. The van der Waals surface area contributed by atoms with Crippen LogP contribution in [0.2, 0.25) is 0 Å². The molecule has 1 heterocycles. The Kier molecular flexibility index (Phi) is 9.36. The topological polar surface area (TPSA) is 129 Å². The standard InChI is InChI=1S/C15H24N3O7P/c1-5-12(9-23-26(22)16-8-14(20)24-10(2)3)25-11(4)18-7-6-13(19)17-15(18)21/h6-7,10-12H,5,8-9H2,1-4H3,(H-,16,17,19,21,22)/p+1/t11?,12-/m0/s1. The second-order valence-electron chi connectivity index (χ2n) is 5.71. The lowest BCUT2D eigenvalue weighted by Gasteiger charge is -2.20. The molecule has 0 aromatic carbocycles. The monoisotopic (exact) mass is 390 g/mol. The fraction of sp³-hybridized carbons (Fsp3) is 0.667. The van der Waals surface area contributed by atoms with E-state index in [0.717, 1.165) is 0 Å². The summed E-state index contributed by atoms with van der Waals surface area (Å²) >= 11 is 0. The van der Waals surface area contributed by atoms with Crippen molar-refractivity contribution in [2.75, 3.05) is 13.2 Å². The third-order valence-corrected chi connectivity index (χ3v) is 3.98. The van der Waals surface area contributed by atoms with Gasteiger partial charge in [-0.25, -0.2) is 4.79 Å². The van der Waals surface area contributed by atoms with E-state index >= 15 is 0 Å². The number of carbonyl (C=O) groups excluding carboxylic acids is 1. The summed E-state index contributed by atoms with van der Waals surface area (Å²) in [6.45, 7) is 6.69. The number of H-pyrrole nitrogens is 1. The van der Waals surface area contributed by atoms with Crippen LogP contribution in [-0.4, -0.2) is 40.9 Å². The van der Waals surface area contributed by atoms with Crippen LogP contribution in [0.25, 0.3) is 0 Å². The number of carbonyl (C=O) groups is 1. The lowest BCUT2D eigenvalue weighted by molar-refractivity contribution is -0.145. The van der Waals surface area contributed by atoms with Gasteiger partial charge in [0.1, 0.15) is 19.4 Å². The van der Waals surface area contributed by atoms with Gasteiger partial charge in [0.2, 0.25) is 0 Å². The highest BCUT2D eigenvalue weighted by atomic mass is 31.1. The molecule has 10 nitrogen and oxygen atoms in total. The summed E-state index contributed by atoms with van der Waals surface area (Å²) in [6, 6.07) is 1.22. The van der Waals surface area contributed by atoms with E-state index in [4.69, 9.17) is 14.0 Å². The van der Waals surface area contributed by atoms with Crippen LogP contribution in [0.5, 0.6) is 0 Å². The lowest BCUT2D eigenvalue weighted by atomic mass is 10.3. The Labute approximate surface area is 151 Å². The van der Waals surface area contributed by atoms with Gasteiger partial charge in [-0.2, -0.15) is 0 Å². The smallest absolute Gasteiger partial charge is 0.462 e. The Hall–Kier alpha value is -1.87. The van der Waals surface area contributed by atoms with Gasteiger partial charge < -0.3 is 9.47 Å². The molecular formula is C15H25N3O7P+. The molecular weight excluding hydrogens is 365 g/mol. The maximum Gasteiger partial charge on any atom is 0.613 e. The minimum absolute atomic E-state index is 0.000373. The van der Waals surface area contributed by atoms with Crippen LogP contribution in [-0.2, 0) is 23.4 Å². The second-order valence-corrected chi connectivity index (χ2v) is 6.80. The number of esters is 1. The third-order valence-electron chi connectivity index (χ3n) is 3.18. The molecule has 1 aromatic heterocycles. The number of hydrogen-bond donors (Lipinski definition) is 2. The van der Waals surface area contributed by atoms with Gasteiger partial charge in [0, 0.05) is 12.3 Å². The zero-order chi connectivity index (χ0) is 19.7. The summed E-state index contributed by atoms with van der Waals surface area (Å²) in [7, 11) is -2.26. The van der Waals surface area contributed by atoms with Gasteiger partial charge in [-0.15, -0.1) is 4.52 Å². The van der Waals surface area contributed by atoms with E-state index in [0.29, 0.717) is 6.42 Å². The van der Waals surface area contributed by atoms with E-state index in [-0.39, 0.29) is 19.3 Å². The first-order valence-electron chi connectivity index (χ1n) is 8.23. The average molecular weight is 390 g/mol. The fourth-order valence-corrected chi connectivity index (χ4v) is 2.59. The Morgan fingerprint density at radius 1 is 1.35 bits per heavy atom. The van der Waals surface area contributed by atoms with Crippen molar-refractivity contribution in [2.24, 2.45) is 0 Å². The zero-order valence-electron chi connectivity index (χ0n) is 15.3. The predicted octanol–water partition coefficient (Wildman–Crippen LogP) is 1.07. The first-order chi connectivity index (χ1) is 12.2. The van der Waals surface area contributed by atoms with Crippen LogP contribution >= 0.6 is 8.18 Å². The molecule has 0 amide bonds. The largest absolute Gasteiger partial charge is 0.613 e. The summed E-state index contributed by atoms with van der Waals surface area (Å²) in [6.07, 6.45) is 0.536. The molecule has 0 fully saturated rings. The first kappa shape index (κ1) is 22.2. The summed E-state index contributed by atoms with van der Waals surface area (Å²) in [5.41, 5.74) is -1.08. The molecule has 0 bridgehead atoms. The highest BCUT2D eigenvalue weighted by Crippen LogP contribution is 2.19. The SMILES string of the molecule is CC[C@@H](CO[P+](=O)NCC(=O)OC(C)C)OC(C)n1ccc(=O)[nH]c1=O. The van der Waals surface area contributed by atoms with Gasteiger partial charge in [-0.3, -0.25) is 19.1 Å². The number of aromatic nitrogens is 2. The fourth-order valence-electron chi connectivity index (χ4n) is 1.94. The molecule has 26 heavy (non-hydrogen) atoms. The quantitative estimate of drug-likeness (QED) is 0.424. The van der Waals surface area contributed by atoms with Gasteiger partial charge in [0.15, 0.2) is 0 Å². The van der Waals surface area contributed by atoms with Gasteiger partial charge in [0.25, 0.3) is 5.56 Å². The van der Waals surface area contributed by atoms with Crippen LogP contribution in [0.4, 0.5) is 0 Å². The molecule has 146 valence electrons. The molecule has 0 aliphatic rings. The van der Waals surface area contributed by atoms with Crippen LogP contribution in [0.1, 0.15) is 40.3 Å². The van der Waals surface area contributed by atoms with E-state index in [1.165, 1.54) is 16.8 Å². The minimum atomic E-state index is -2.26. The van der Waals surface area contributed by atoms with E-state index in [1.54, 1.807) is 20.8 Å². The summed E-state index contributed by atoms with van der Waals surface area (Å²) in [4.78, 5) is 36.3. The van der Waals surface area contributed by atoms with E-state index in [1.807, 2.05) is 6.92 Å². The highest BCUT2D eigenvalue weighted by Gasteiger charge is 2.24. The molecule has 0 saturated heterocycles. The number of rotatable bonds is 11. The van der Waals surface area contributed by atoms with Crippen molar-refractivity contribution in [3.05, 3.63) is 33.1 Å². The molecule has 0 spiro atoms. The molecule has 0 saturated carbocycles. The van der Waals surface area contributed by atoms with Crippen molar-refractivity contribution in [2.45, 2.75) is 52.6 Å². The normalized spacial score (nSPS) is 14.1. The molecule has 0 radical (unpaired) electrons. The number of hydrogen-bond acceptors (Lipinski definition) is 7. The van der Waals surface area contributed by atoms with Crippen LogP contribution in [0.3, 0.4) is 0 Å². The number of nitrogens with zero attached hydrogens (tertiary/aromatic N) is 1. The van der Waals surface area contributed by atoms with Gasteiger partial charge in [0.05, 0.1) is 12.2 Å². The molecule has 2 N–H and O–H groups in total. The maximum absolute atomic E-state index is 11.8. The summed E-state index contributed by atoms with van der Waals surface area (Å²) in [5.74, 6) is -0.527. The lowest BCUT2D eigenvalue weighted by Crippen LogP contribution is -2.33. The van der Waals surface area contributed by atoms with Crippen LogP contribution in [0.15, 0.2) is 21.9 Å². The van der Waals surface area contributed by atoms with Crippen molar-refractivity contribution >= 4 is 14.1 Å². The zero-order valence-corrected chi connectivity index (χ0v) is 16.2. The van der Waals surface area contributed by atoms with Gasteiger partial charge in [-0.05, 0) is 31.8 Å². The molecule has 1 aromatic rings. The highest BCUT2D eigenvalue weighted by molar-refractivity contribution is 7.36. The molecule has 1 rings (SSSR count). The summed E-state index contributed by atoms with van der Waals surface area (Å²) in [5, 5.41) is 2.43. The summed E-state index contributed by atoms with van der Waals surface area (Å²) < 4.78 is 28.7. The Morgan fingerprint density at radius 3 is 2.62 bits per heavy atom. The average Bonchev–Trinajstić information content (AvgIpc) is 2.55. The van der Waals surface area contributed by atoms with Gasteiger partial charge >= 0.3 is 19.8 Å².